The largest absolute Gasteiger partial charge is 0.369 e. The molecule has 0 aromatic carbocycles. The summed E-state index contributed by atoms with van der Waals surface area (Å²) in [5.41, 5.74) is -0.187. The zero-order valence-corrected chi connectivity index (χ0v) is 10.6. The standard InChI is InChI=1S/C14H22O3/c1-2-3-8-15-13-7-5-4-6-12(13)11-14(13)16-9-10-17-14/h4,6,12H,2-3,5,7-11H2,1H3. The van der Waals surface area contributed by atoms with Crippen molar-refractivity contribution in [2.75, 3.05) is 19.8 Å². The molecule has 3 nitrogen and oxygen atoms in total. The number of hydrogen-bond acceptors (Lipinski definition) is 3. The van der Waals surface area contributed by atoms with Crippen LogP contribution in [0.1, 0.15) is 39.0 Å². The third kappa shape index (κ3) is 1.60. The highest BCUT2D eigenvalue weighted by Crippen LogP contribution is 2.59. The van der Waals surface area contributed by atoms with Gasteiger partial charge in [-0.25, -0.2) is 0 Å². The third-order valence-corrected chi connectivity index (χ3v) is 4.39. The Labute approximate surface area is 103 Å². The predicted octanol–water partition coefficient (Wildman–Crippen LogP) is 2.65. The van der Waals surface area contributed by atoms with Crippen molar-refractivity contribution in [1.29, 1.82) is 0 Å². The average molecular weight is 238 g/mol. The first kappa shape index (κ1) is 11.7. The molecule has 96 valence electrons. The molecule has 1 saturated heterocycles. The van der Waals surface area contributed by atoms with Crippen molar-refractivity contribution in [3.8, 4) is 0 Å². The number of rotatable bonds is 4. The van der Waals surface area contributed by atoms with Gasteiger partial charge in [-0.2, -0.15) is 0 Å². The van der Waals surface area contributed by atoms with Gasteiger partial charge in [0.2, 0.25) is 0 Å². The summed E-state index contributed by atoms with van der Waals surface area (Å²) in [4.78, 5) is 0. The molecular formula is C14H22O3. The zero-order chi connectivity index (χ0) is 11.8. The van der Waals surface area contributed by atoms with E-state index in [0.717, 1.165) is 45.5 Å². The maximum atomic E-state index is 6.25. The summed E-state index contributed by atoms with van der Waals surface area (Å²) in [7, 11) is 0. The van der Waals surface area contributed by atoms with E-state index in [-0.39, 0.29) is 5.60 Å². The number of fused-ring (bicyclic) bond motifs is 2. The van der Waals surface area contributed by atoms with Gasteiger partial charge in [0.25, 0.3) is 0 Å². The van der Waals surface area contributed by atoms with Crippen molar-refractivity contribution in [2.24, 2.45) is 5.92 Å². The molecule has 1 spiro atoms. The molecule has 1 aliphatic heterocycles. The molecule has 1 heterocycles. The third-order valence-electron chi connectivity index (χ3n) is 4.39. The second-order valence-corrected chi connectivity index (χ2v) is 5.32. The van der Waals surface area contributed by atoms with Crippen molar-refractivity contribution in [3.63, 3.8) is 0 Å². The number of ether oxygens (including phenoxy) is 3. The van der Waals surface area contributed by atoms with E-state index in [1.54, 1.807) is 0 Å². The van der Waals surface area contributed by atoms with Crippen LogP contribution < -0.4 is 0 Å². The molecular weight excluding hydrogens is 216 g/mol. The Hall–Kier alpha value is -0.380. The fourth-order valence-corrected chi connectivity index (χ4v) is 3.44. The van der Waals surface area contributed by atoms with Crippen LogP contribution in [0.4, 0.5) is 0 Å². The van der Waals surface area contributed by atoms with E-state index >= 15 is 0 Å². The van der Waals surface area contributed by atoms with E-state index in [1.165, 1.54) is 6.42 Å². The summed E-state index contributed by atoms with van der Waals surface area (Å²) in [5.74, 6) is 0.0714. The lowest BCUT2D eigenvalue weighted by molar-refractivity contribution is -0.363. The van der Waals surface area contributed by atoms with E-state index in [0.29, 0.717) is 5.92 Å². The van der Waals surface area contributed by atoms with Crippen LogP contribution in [-0.4, -0.2) is 31.2 Å². The van der Waals surface area contributed by atoms with Crippen molar-refractivity contribution < 1.29 is 14.2 Å². The van der Waals surface area contributed by atoms with E-state index in [4.69, 9.17) is 14.2 Å². The molecule has 0 aromatic rings. The summed E-state index contributed by atoms with van der Waals surface area (Å²) in [5, 5.41) is 0. The minimum absolute atomic E-state index is 0.187. The normalized spacial score (nSPS) is 38.1. The zero-order valence-electron chi connectivity index (χ0n) is 10.6. The van der Waals surface area contributed by atoms with Crippen LogP contribution in [0.25, 0.3) is 0 Å². The van der Waals surface area contributed by atoms with Gasteiger partial charge >= 0.3 is 0 Å². The average Bonchev–Trinajstić information content (AvgIpc) is 2.82. The van der Waals surface area contributed by atoms with Crippen LogP contribution in [0.5, 0.6) is 0 Å². The summed E-state index contributed by atoms with van der Waals surface area (Å²) in [6.45, 7) is 4.46. The van der Waals surface area contributed by atoms with Crippen LogP contribution in [-0.2, 0) is 14.2 Å². The Morgan fingerprint density at radius 3 is 2.88 bits per heavy atom. The van der Waals surface area contributed by atoms with Crippen LogP contribution in [0.15, 0.2) is 12.2 Å². The van der Waals surface area contributed by atoms with Crippen LogP contribution in [0.3, 0.4) is 0 Å². The first-order valence-corrected chi connectivity index (χ1v) is 6.91. The van der Waals surface area contributed by atoms with Gasteiger partial charge in [0.05, 0.1) is 13.2 Å². The fraction of sp³-hybridized carbons (Fsp3) is 0.857. The molecule has 0 radical (unpaired) electrons. The first-order valence-electron chi connectivity index (χ1n) is 6.91. The van der Waals surface area contributed by atoms with Gasteiger partial charge in [-0.1, -0.05) is 25.5 Å². The Kier molecular flexibility index (Phi) is 3.01. The SMILES string of the molecule is CCCCOC12CCC=CC1CC21OCCO1. The summed E-state index contributed by atoms with van der Waals surface area (Å²) >= 11 is 0. The molecule has 0 bridgehead atoms. The highest BCUT2D eigenvalue weighted by atomic mass is 16.8. The predicted molar refractivity (Wildman–Crippen MR) is 64.7 cm³/mol. The first-order chi connectivity index (χ1) is 8.33. The molecule has 0 amide bonds. The van der Waals surface area contributed by atoms with E-state index < -0.39 is 5.79 Å². The smallest absolute Gasteiger partial charge is 0.199 e. The van der Waals surface area contributed by atoms with E-state index in [2.05, 4.69) is 19.1 Å². The quantitative estimate of drug-likeness (QED) is 0.556. The lowest BCUT2D eigenvalue weighted by atomic mass is 9.59. The maximum Gasteiger partial charge on any atom is 0.199 e. The van der Waals surface area contributed by atoms with Gasteiger partial charge in [0.1, 0.15) is 5.60 Å². The molecule has 3 heteroatoms. The minimum atomic E-state index is -0.420. The molecule has 1 saturated carbocycles. The summed E-state index contributed by atoms with van der Waals surface area (Å²) < 4.78 is 18.0. The molecule has 2 fully saturated rings. The Bertz CT molecular complexity index is 307. The second-order valence-electron chi connectivity index (χ2n) is 5.32. The van der Waals surface area contributed by atoms with Crippen LogP contribution in [0, 0.1) is 5.92 Å². The van der Waals surface area contributed by atoms with Crippen molar-refractivity contribution >= 4 is 0 Å². The molecule has 2 unspecified atom stereocenters. The van der Waals surface area contributed by atoms with Crippen molar-refractivity contribution in [1.82, 2.24) is 0 Å². The molecule has 2 atom stereocenters. The van der Waals surface area contributed by atoms with Gasteiger partial charge in [0, 0.05) is 18.9 Å². The van der Waals surface area contributed by atoms with Crippen LogP contribution in [0.2, 0.25) is 0 Å². The monoisotopic (exact) mass is 238 g/mol. The second kappa shape index (κ2) is 4.38. The number of allylic oxidation sites excluding steroid dienone is 1. The highest BCUT2D eigenvalue weighted by Gasteiger charge is 2.69. The maximum absolute atomic E-state index is 6.25. The van der Waals surface area contributed by atoms with Crippen LogP contribution >= 0.6 is 0 Å². The molecule has 2 aliphatic carbocycles. The molecule has 3 rings (SSSR count). The van der Waals surface area contributed by atoms with E-state index in [1.807, 2.05) is 0 Å². The minimum Gasteiger partial charge on any atom is -0.369 e. The highest BCUT2D eigenvalue weighted by molar-refractivity contribution is 5.22. The van der Waals surface area contributed by atoms with Gasteiger partial charge in [-0.3, -0.25) is 0 Å². The van der Waals surface area contributed by atoms with E-state index in [9.17, 15) is 0 Å². The van der Waals surface area contributed by atoms with Crippen molar-refractivity contribution in [2.45, 2.75) is 50.4 Å². The Morgan fingerprint density at radius 2 is 2.18 bits per heavy atom. The van der Waals surface area contributed by atoms with Crippen molar-refractivity contribution in [3.05, 3.63) is 12.2 Å². The topological polar surface area (TPSA) is 27.7 Å². The lowest BCUT2D eigenvalue weighted by Crippen LogP contribution is -2.71. The lowest BCUT2D eigenvalue weighted by Gasteiger charge is -2.60. The molecule has 17 heavy (non-hydrogen) atoms. The molecule has 0 N–H and O–H groups in total. The summed E-state index contributed by atoms with van der Waals surface area (Å²) in [6.07, 6.45) is 9.95. The van der Waals surface area contributed by atoms with Gasteiger partial charge in [-0.05, 0) is 19.3 Å². The Morgan fingerprint density at radius 1 is 1.35 bits per heavy atom. The molecule has 3 aliphatic rings. The van der Waals surface area contributed by atoms with Gasteiger partial charge < -0.3 is 14.2 Å². The Balaban J connectivity index is 1.77. The fourth-order valence-electron chi connectivity index (χ4n) is 3.44. The molecule has 0 aromatic heterocycles. The van der Waals surface area contributed by atoms with Gasteiger partial charge in [-0.15, -0.1) is 0 Å². The van der Waals surface area contributed by atoms with Gasteiger partial charge in [0.15, 0.2) is 5.79 Å². The number of unbranched alkanes of at least 4 members (excludes halogenated alkanes) is 1. The summed E-state index contributed by atoms with van der Waals surface area (Å²) in [6, 6.07) is 0. The number of hydrogen-bond donors (Lipinski definition) is 0.